The number of rotatable bonds is 4. The third-order valence-electron chi connectivity index (χ3n) is 3.08. The van der Waals surface area contributed by atoms with Gasteiger partial charge in [0.15, 0.2) is 11.6 Å². The Bertz CT molecular complexity index is 647. The molecule has 0 saturated heterocycles. The summed E-state index contributed by atoms with van der Waals surface area (Å²) in [5.41, 5.74) is 2.16. The molecule has 2 nitrogen and oxygen atoms in total. The van der Waals surface area contributed by atoms with Gasteiger partial charge in [0.05, 0.1) is 11.6 Å². The summed E-state index contributed by atoms with van der Waals surface area (Å²) in [7, 11) is 0. The van der Waals surface area contributed by atoms with Crippen LogP contribution < -0.4 is 4.90 Å². The van der Waals surface area contributed by atoms with E-state index in [4.69, 9.17) is 5.26 Å². The number of benzene rings is 2. The number of anilines is 1. The highest BCUT2D eigenvalue weighted by atomic mass is 19.2. The summed E-state index contributed by atoms with van der Waals surface area (Å²) in [6.07, 6.45) is 0. The lowest BCUT2D eigenvalue weighted by Gasteiger charge is -2.23. The summed E-state index contributed by atoms with van der Waals surface area (Å²) in [4.78, 5) is 1.92. The first-order valence-electron chi connectivity index (χ1n) is 6.33. The average molecular weight is 272 g/mol. The van der Waals surface area contributed by atoms with Crippen molar-refractivity contribution < 1.29 is 8.78 Å². The van der Waals surface area contributed by atoms with Crippen LogP contribution >= 0.6 is 0 Å². The first-order chi connectivity index (χ1) is 9.63. The van der Waals surface area contributed by atoms with Crippen molar-refractivity contribution in [2.45, 2.75) is 13.5 Å². The van der Waals surface area contributed by atoms with Gasteiger partial charge in [-0.2, -0.15) is 5.26 Å². The lowest BCUT2D eigenvalue weighted by molar-refractivity contribution is 0.508. The van der Waals surface area contributed by atoms with Crippen LogP contribution in [-0.4, -0.2) is 6.54 Å². The minimum atomic E-state index is -0.855. The van der Waals surface area contributed by atoms with Gasteiger partial charge < -0.3 is 4.90 Å². The number of nitriles is 1. The quantitative estimate of drug-likeness (QED) is 0.845. The summed E-state index contributed by atoms with van der Waals surface area (Å²) >= 11 is 0. The van der Waals surface area contributed by atoms with E-state index in [1.54, 1.807) is 18.2 Å². The Balaban J connectivity index is 2.24. The van der Waals surface area contributed by atoms with Crippen molar-refractivity contribution in [1.82, 2.24) is 0 Å². The Morgan fingerprint density at radius 3 is 2.55 bits per heavy atom. The molecule has 0 spiro atoms. The van der Waals surface area contributed by atoms with Gasteiger partial charge in [0.1, 0.15) is 0 Å². The molecule has 0 radical (unpaired) electrons. The van der Waals surface area contributed by atoms with Crippen LogP contribution in [0.1, 0.15) is 18.1 Å². The summed E-state index contributed by atoms with van der Waals surface area (Å²) in [5.74, 6) is -1.71. The Labute approximate surface area is 116 Å². The first kappa shape index (κ1) is 14.0. The van der Waals surface area contributed by atoms with Crippen LogP contribution in [0.25, 0.3) is 0 Å². The van der Waals surface area contributed by atoms with Gasteiger partial charge in [-0.25, -0.2) is 8.78 Å². The SMILES string of the molecule is CCN(Cc1cccc(C#N)c1)c1ccc(F)c(F)c1. The zero-order chi connectivity index (χ0) is 14.5. The highest BCUT2D eigenvalue weighted by molar-refractivity contribution is 5.47. The van der Waals surface area contributed by atoms with E-state index < -0.39 is 11.6 Å². The Morgan fingerprint density at radius 1 is 1.10 bits per heavy atom. The topological polar surface area (TPSA) is 27.0 Å². The Kier molecular flexibility index (Phi) is 4.31. The second-order valence-electron chi connectivity index (χ2n) is 4.42. The molecule has 0 amide bonds. The molecular formula is C16H14F2N2. The zero-order valence-electron chi connectivity index (χ0n) is 11.1. The lowest BCUT2D eigenvalue weighted by Crippen LogP contribution is -2.22. The van der Waals surface area contributed by atoms with E-state index in [0.29, 0.717) is 24.3 Å². The molecule has 0 fully saturated rings. The van der Waals surface area contributed by atoms with Crippen LogP contribution in [0.15, 0.2) is 42.5 Å². The van der Waals surface area contributed by atoms with E-state index in [1.165, 1.54) is 6.07 Å². The molecule has 4 heteroatoms. The van der Waals surface area contributed by atoms with Gasteiger partial charge in [0.2, 0.25) is 0 Å². The van der Waals surface area contributed by atoms with Crippen molar-refractivity contribution in [2.24, 2.45) is 0 Å². The molecular weight excluding hydrogens is 258 g/mol. The van der Waals surface area contributed by atoms with E-state index in [-0.39, 0.29) is 0 Å². The van der Waals surface area contributed by atoms with Gasteiger partial charge in [-0.1, -0.05) is 12.1 Å². The van der Waals surface area contributed by atoms with E-state index in [0.717, 1.165) is 11.6 Å². The molecule has 102 valence electrons. The molecule has 0 aromatic heterocycles. The summed E-state index contributed by atoms with van der Waals surface area (Å²) in [6.45, 7) is 3.13. The fourth-order valence-electron chi connectivity index (χ4n) is 2.03. The molecule has 2 rings (SSSR count). The van der Waals surface area contributed by atoms with Crippen LogP contribution in [0.5, 0.6) is 0 Å². The molecule has 0 aliphatic carbocycles. The molecule has 0 saturated carbocycles. The molecule has 2 aromatic carbocycles. The van der Waals surface area contributed by atoms with Crippen LogP contribution in [0, 0.1) is 23.0 Å². The minimum absolute atomic E-state index is 0.539. The molecule has 0 unspecified atom stereocenters. The van der Waals surface area contributed by atoms with Crippen molar-refractivity contribution in [3.8, 4) is 6.07 Å². The number of halogens is 2. The van der Waals surface area contributed by atoms with Gasteiger partial charge in [0, 0.05) is 24.8 Å². The van der Waals surface area contributed by atoms with E-state index in [9.17, 15) is 8.78 Å². The number of hydrogen-bond donors (Lipinski definition) is 0. The van der Waals surface area contributed by atoms with E-state index >= 15 is 0 Å². The van der Waals surface area contributed by atoms with E-state index in [2.05, 4.69) is 6.07 Å². The smallest absolute Gasteiger partial charge is 0.160 e. The predicted molar refractivity (Wildman–Crippen MR) is 74.2 cm³/mol. The normalized spacial score (nSPS) is 10.1. The monoisotopic (exact) mass is 272 g/mol. The zero-order valence-corrected chi connectivity index (χ0v) is 11.1. The summed E-state index contributed by atoms with van der Waals surface area (Å²) in [6, 6.07) is 13.2. The highest BCUT2D eigenvalue weighted by Crippen LogP contribution is 2.20. The maximum absolute atomic E-state index is 13.3. The predicted octanol–water partition coefficient (Wildman–Crippen LogP) is 3.86. The lowest BCUT2D eigenvalue weighted by atomic mass is 10.1. The maximum Gasteiger partial charge on any atom is 0.160 e. The maximum atomic E-state index is 13.3. The van der Waals surface area contributed by atoms with Crippen LogP contribution in [0.4, 0.5) is 14.5 Å². The summed E-state index contributed by atoms with van der Waals surface area (Å²) < 4.78 is 26.3. The van der Waals surface area contributed by atoms with Crippen LogP contribution in [-0.2, 0) is 6.54 Å². The van der Waals surface area contributed by atoms with Crippen LogP contribution in [0.3, 0.4) is 0 Å². The highest BCUT2D eigenvalue weighted by Gasteiger charge is 2.09. The van der Waals surface area contributed by atoms with Crippen molar-refractivity contribution >= 4 is 5.69 Å². The van der Waals surface area contributed by atoms with Gasteiger partial charge >= 0.3 is 0 Å². The standard InChI is InChI=1S/C16H14F2N2/c1-2-20(14-6-7-15(17)16(18)9-14)11-13-5-3-4-12(8-13)10-19/h3-9H,2,11H2,1H3. The molecule has 0 aliphatic heterocycles. The first-order valence-corrected chi connectivity index (χ1v) is 6.33. The summed E-state index contributed by atoms with van der Waals surface area (Å²) in [5, 5.41) is 8.88. The fourth-order valence-corrected chi connectivity index (χ4v) is 2.03. The van der Waals surface area contributed by atoms with E-state index in [1.807, 2.05) is 24.0 Å². The average Bonchev–Trinajstić information content (AvgIpc) is 2.48. The van der Waals surface area contributed by atoms with Gasteiger partial charge in [-0.05, 0) is 36.8 Å². The number of nitrogens with zero attached hydrogens (tertiary/aromatic N) is 2. The molecule has 0 N–H and O–H groups in total. The third-order valence-corrected chi connectivity index (χ3v) is 3.08. The van der Waals surface area contributed by atoms with Crippen molar-refractivity contribution in [3.63, 3.8) is 0 Å². The molecule has 0 bridgehead atoms. The molecule has 0 aliphatic rings. The molecule has 2 aromatic rings. The minimum Gasteiger partial charge on any atom is -0.367 e. The molecule has 0 atom stereocenters. The fraction of sp³-hybridized carbons (Fsp3) is 0.188. The molecule has 0 heterocycles. The number of hydrogen-bond acceptors (Lipinski definition) is 2. The second kappa shape index (κ2) is 6.16. The van der Waals surface area contributed by atoms with Crippen molar-refractivity contribution in [3.05, 3.63) is 65.2 Å². The van der Waals surface area contributed by atoms with Gasteiger partial charge in [0.25, 0.3) is 0 Å². The Hall–Kier alpha value is -2.41. The van der Waals surface area contributed by atoms with Crippen molar-refractivity contribution in [2.75, 3.05) is 11.4 Å². The largest absolute Gasteiger partial charge is 0.367 e. The molecule has 20 heavy (non-hydrogen) atoms. The van der Waals surface area contributed by atoms with Gasteiger partial charge in [-0.15, -0.1) is 0 Å². The van der Waals surface area contributed by atoms with Crippen LogP contribution in [0.2, 0.25) is 0 Å². The van der Waals surface area contributed by atoms with Crippen molar-refractivity contribution in [1.29, 1.82) is 5.26 Å². The third kappa shape index (κ3) is 3.12. The second-order valence-corrected chi connectivity index (χ2v) is 4.42. The Morgan fingerprint density at radius 2 is 1.90 bits per heavy atom. The van der Waals surface area contributed by atoms with Gasteiger partial charge in [-0.3, -0.25) is 0 Å².